The molecular weight excluding hydrogens is 335 g/mol. The maximum Gasteiger partial charge on any atom is 0.315 e. The highest BCUT2D eigenvalue weighted by molar-refractivity contribution is 5.96. The monoisotopic (exact) mass is 363 g/mol. The molecule has 0 bridgehead atoms. The topological polar surface area (TPSA) is 65.9 Å². The molecule has 3 N–H and O–H groups in total. The molecule has 1 aromatic carbocycles. The number of amides is 3. The van der Waals surface area contributed by atoms with E-state index in [1.807, 2.05) is 0 Å². The molecule has 3 rings (SSSR count). The van der Waals surface area contributed by atoms with Crippen LogP contribution in [-0.4, -0.2) is 50.7 Å². The number of hydrogen-bond acceptors (Lipinski definition) is 2. The Morgan fingerprint density at radius 3 is 2.65 bits per heavy atom. The van der Waals surface area contributed by atoms with Crippen LogP contribution >= 0.6 is 0 Å². The van der Waals surface area contributed by atoms with Crippen molar-refractivity contribution in [1.29, 1.82) is 0 Å². The number of rotatable bonds is 6. The minimum atomic E-state index is -0.333. The summed E-state index contributed by atoms with van der Waals surface area (Å²) in [6.45, 7) is 4.65. The van der Waals surface area contributed by atoms with Crippen LogP contribution in [0.1, 0.15) is 32.1 Å². The third-order valence-corrected chi connectivity index (χ3v) is 5.15. The molecule has 2 saturated heterocycles. The molecule has 3 amide bonds. The lowest BCUT2D eigenvalue weighted by Crippen LogP contribution is -3.12. The van der Waals surface area contributed by atoms with Gasteiger partial charge in [-0.25, -0.2) is 9.18 Å². The van der Waals surface area contributed by atoms with E-state index in [1.165, 1.54) is 44.5 Å². The Hall–Kier alpha value is -2.15. The highest BCUT2D eigenvalue weighted by atomic mass is 19.1. The van der Waals surface area contributed by atoms with Gasteiger partial charge in [0.1, 0.15) is 5.82 Å². The Morgan fingerprint density at radius 1 is 1.19 bits per heavy atom. The number of urea groups is 1. The molecule has 0 aliphatic carbocycles. The zero-order valence-electron chi connectivity index (χ0n) is 15.1. The highest BCUT2D eigenvalue weighted by Crippen LogP contribution is 2.21. The smallest absolute Gasteiger partial charge is 0.315 e. The van der Waals surface area contributed by atoms with E-state index in [4.69, 9.17) is 0 Å². The molecule has 0 saturated carbocycles. The Kier molecular flexibility index (Phi) is 6.44. The van der Waals surface area contributed by atoms with Crippen molar-refractivity contribution < 1.29 is 18.9 Å². The summed E-state index contributed by atoms with van der Waals surface area (Å²) >= 11 is 0. The first-order chi connectivity index (χ1) is 12.6. The number of nitrogens with one attached hydrogen (secondary N) is 3. The summed E-state index contributed by atoms with van der Waals surface area (Å²) < 4.78 is 13.0. The lowest BCUT2D eigenvalue weighted by molar-refractivity contribution is -0.904. The first-order valence-corrected chi connectivity index (χ1v) is 9.55. The van der Waals surface area contributed by atoms with Gasteiger partial charge in [-0.1, -0.05) is 0 Å². The Morgan fingerprint density at radius 2 is 1.92 bits per heavy atom. The lowest BCUT2D eigenvalue weighted by Gasteiger charge is -2.23. The standard InChI is InChI=1S/C19H27FN4O2/c20-15-5-7-17(8-6-15)24-14-16(13-18(24)25)22-19(26)21-9-4-12-23-10-2-1-3-11-23/h5-8,16H,1-4,9-14H2,(H2,21,22,26)/p+1/t16-/m0/s1. The second-order valence-electron chi connectivity index (χ2n) is 7.20. The fourth-order valence-electron chi connectivity index (χ4n) is 3.75. The fourth-order valence-corrected chi connectivity index (χ4v) is 3.75. The third kappa shape index (κ3) is 5.17. The van der Waals surface area contributed by atoms with E-state index in [0.717, 1.165) is 13.0 Å². The van der Waals surface area contributed by atoms with Crippen LogP contribution in [-0.2, 0) is 4.79 Å². The van der Waals surface area contributed by atoms with E-state index in [2.05, 4.69) is 10.6 Å². The summed E-state index contributed by atoms with van der Waals surface area (Å²) in [4.78, 5) is 27.4. The van der Waals surface area contributed by atoms with E-state index in [-0.39, 0.29) is 30.2 Å². The minimum Gasteiger partial charge on any atom is -0.338 e. The summed E-state index contributed by atoms with van der Waals surface area (Å²) in [5.41, 5.74) is 0.658. The quantitative estimate of drug-likeness (QED) is 0.651. The minimum absolute atomic E-state index is 0.0596. The van der Waals surface area contributed by atoms with Crippen LogP contribution in [0.4, 0.5) is 14.9 Å². The van der Waals surface area contributed by atoms with E-state index in [9.17, 15) is 14.0 Å². The lowest BCUT2D eigenvalue weighted by atomic mass is 10.1. The molecule has 2 aliphatic heterocycles. The summed E-state index contributed by atoms with van der Waals surface area (Å²) in [6, 6.07) is 5.38. The normalized spacial score (nSPS) is 21.0. The van der Waals surface area contributed by atoms with E-state index in [1.54, 1.807) is 21.9 Å². The number of hydrogen-bond donors (Lipinski definition) is 3. The summed E-state index contributed by atoms with van der Waals surface area (Å²) in [5.74, 6) is -0.392. The maximum absolute atomic E-state index is 13.0. The number of benzene rings is 1. The fraction of sp³-hybridized carbons (Fsp3) is 0.579. The van der Waals surface area contributed by atoms with Crippen LogP contribution in [0.3, 0.4) is 0 Å². The van der Waals surface area contributed by atoms with Crippen molar-refractivity contribution in [3.05, 3.63) is 30.1 Å². The molecular formula is C19H28FN4O2+. The molecule has 0 unspecified atom stereocenters. The van der Waals surface area contributed by atoms with Crippen molar-refractivity contribution in [2.24, 2.45) is 0 Å². The Labute approximate surface area is 153 Å². The van der Waals surface area contributed by atoms with Crippen LogP contribution < -0.4 is 20.4 Å². The average Bonchev–Trinajstić information content (AvgIpc) is 3.00. The average molecular weight is 363 g/mol. The SMILES string of the molecule is O=C(NCCC[NH+]1CCCCC1)N[C@H]1CC(=O)N(c2ccc(F)cc2)C1. The van der Waals surface area contributed by atoms with Gasteiger partial charge in [-0.15, -0.1) is 0 Å². The van der Waals surface area contributed by atoms with E-state index in [0.29, 0.717) is 18.8 Å². The van der Waals surface area contributed by atoms with Gasteiger partial charge in [0.05, 0.1) is 25.7 Å². The molecule has 2 fully saturated rings. The summed E-state index contributed by atoms with van der Waals surface area (Å²) in [6.07, 6.45) is 5.20. The Balaban J connectivity index is 1.36. The van der Waals surface area contributed by atoms with Gasteiger partial charge >= 0.3 is 6.03 Å². The van der Waals surface area contributed by atoms with Crippen LogP contribution in [0.2, 0.25) is 0 Å². The molecule has 1 aromatic rings. The first kappa shape index (κ1) is 18.6. The molecule has 142 valence electrons. The zero-order chi connectivity index (χ0) is 18.4. The number of halogens is 1. The van der Waals surface area contributed by atoms with Gasteiger partial charge in [0.25, 0.3) is 0 Å². The Bertz CT molecular complexity index is 616. The largest absolute Gasteiger partial charge is 0.338 e. The predicted molar refractivity (Wildman–Crippen MR) is 97.7 cm³/mol. The first-order valence-electron chi connectivity index (χ1n) is 9.55. The molecule has 26 heavy (non-hydrogen) atoms. The molecule has 2 heterocycles. The molecule has 2 aliphatic rings. The molecule has 7 heteroatoms. The van der Waals surface area contributed by atoms with Gasteiger partial charge < -0.3 is 20.4 Å². The molecule has 1 atom stereocenters. The molecule has 0 spiro atoms. The number of likely N-dealkylation sites (tertiary alicyclic amines) is 1. The number of anilines is 1. The van der Waals surface area contributed by atoms with Crippen molar-refractivity contribution in [3.8, 4) is 0 Å². The van der Waals surface area contributed by atoms with Gasteiger partial charge in [-0.05, 0) is 43.5 Å². The number of quaternary nitrogens is 1. The van der Waals surface area contributed by atoms with Crippen LogP contribution in [0.15, 0.2) is 24.3 Å². The van der Waals surface area contributed by atoms with Crippen LogP contribution in [0.5, 0.6) is 0 Å². The molecule has 0 aromatic heterocycles. The summed E-state index contributed by atoms with van der Waals surface area (Å²) in [7, 11) is 0. The maximum atomic E-state index is 13.0. The van der Waals surface area contributed by atoms with Crippen molar-refractivity contribution in [1.82, 2.24) is 10.6 Å². The van der Waals surface area contributed by atoms with Crippen molar-refractivity contribution >= 4 is 17.6 Å². The molecule has 6 nitrogen and oxygen atoms in total. The van der Waals surface area contributed by atoms with Gasteiger partial charge in [0.15, 0.2) is 0 Å². The van der Waals surface area contributed by atoms with E-state index < -0.39 is 0 Å². The van der Waals surface area contributed by atoms with Gasteiger partial charge in [-0.2, -0.15) is 0 Å². The van der Waals surface area contributed by atoms with Crippen LogP contribution in [0.25, 0.3) is 0 Å². The second-order valence-corrected chi connectivity index (χ2v) is 7.20. The highest BCUT2D eigenvalue weighted by Gasteiger charge is 2.31. The van der Waals surface area contributed by atoms with E-state index >= 15 is 0 Å². The van der Waals surface area contributed by atoms with Crippen LogP contribution in [0, 0.1) is 5.82 Å². The number of carbonyl (C=O) groups is 2. The van der Waals surface area contributed by atoms with Gasteiger partial charge in [-0.3, -0.25) is 4.79 Å². The van der Waals surface area contributed by atoms with Crippen molar-refractivity contribution in [2.75, 3.05) is 37.6 Å². The number of carbonyl (C=O) groups excluding carboxylic acids is 2. The third-order valence-electron chi connectivity index (χ3n) is 5.15. The van der Waals surface area contributed by atoms with Gasteiger partial charge in [0, 0.05) is 31.6 Å². The summed E-state index contributed by atoms with van der Waals surface area (Å²) in [5, 5.41) is 5.75. The van der Waals surface area contributed by atoms with Crippen molar-refractivity contribution in [3.63, 3.8) is 0 Å². The number of nitrogens with zero attached hydrogens (tertiary/aromatic N) is 1. The number of piperidine rings is 1. The predicted octanol–water partition coefficient (Wildman–Crippen LogP) is 0.689. The zero-order valence-corrected chi connectivity index (χ0v) is 15.1. The van der Waals surface area contributed by atoms with Gasteiger partial charge in [0.2, 0.25) is 5.91 Å². The second kappa shape index (κ2) is 8.98. The van der Waals surface area contributed by atoms with Crippen molar-refractivity contribution in [2.45, 2.75) is 38.1 Å². The molecule has 0 radical (unpaired) electrons.